The Labute approximate surface area is 145 Å². The van der Waals surface area contributed by atoms with Gasteiger partial charge in [-0.3, -0.25) is 4.79 Å². The number of hydrogen-bond acceptors (Lipinski definition) is 5. The molecule has 0 atom stereocenters. The van der Waals surface area contributed by atoms with Gasteiger partial charge in [0.15, 0.2) is 22.2 Å². The predicted molar refractivity (Wildman–Crippen MR) is 90.4 cm³/mol. The zero-order valence-electron chi connectivity index (χ0n) is 13.1. The van der Waals surface area contributed by atoms with E-state index in [1.54, 1.807) is 19.1 Å². The molecule has 0 saturated heterocycles. The second kappa shape index (κ2) is 7.15. The summed E-state index contributed by atoms with van der Waals surface area (Å²) in [6.07, 6.45) is 1.05. The lowest BCUT2D eigenvalue weighted by atomic mass is 10.1. The lowest BCUT2D eigenvalue weighted by Gasteiger charge is -2.08. The summed E-state index contributed by atoms with van der Waals surface area (Å²) in [4.78, 5) is 24.1. The number of benzene rings is 2. The van der Waals surface area contributed by atoms with Crippen LogP contribution >= 0.6 is 11.6 Å². The van der Waals surface area contributed by atoms with E-state index in [2.05, 4.69) is 0 Å². The van der Waals surface area contributed by atoms with Crippen LogP contribution in [0.2, 0.25) is 5.02 Å². The molecule has 0 radical (unpaired) electrons. The maximum absolute atomic E-state index is 12.1. The highest BCUT2D eigenvalue weighted by atomic mass is 35.5. The van der Waals surface area contributed by atoms with Gasteiger partial charge >= 0.3 is 5.97 Å². The van der Waals surface area contributed by atoms with Crippen LogP contribution in [0.5, 0.6) is 0 Å². The van der Waals surface area contributed by atoms with Gasteiger partial charge in [0.25, 0.3) is 0 Å². The molecule has 0 aliphatic heterocycles. The fourth-order valence-electron chi connectivity index (χ4n) is 1.98. The predicted octanol–water partition coefficient (Wildman–Crippen LogP) is 3.09. The van der Waals surface area contributed by atoms with E-state index in [1.165, 1.54) is 30.3 Å². The van der Waals surface area contributed by atoms with Gasteiger partial charge in [-0.25, -0.2) is 13.2 Å². The van der Waals surface area contributed by atoms with E-state index in [0.717, 1.165) is 6.26 Å². The minimum atomic E-state index is -3.44. The number of carbonyl (C=O) groups is 2. The van der Waals surface area contributed by atoms with Gasteiger partial charge in [0.2, 0.25) is 0 Å². The van der Waals surface area contributed by atoms with E-state index >= 15 is 0 Å². The molecule has 0 N–H and O–H groups in total. The van der Waals surface area contributed by atoms with Gasteiger partial charge in [-0.05, 0) is 48.9 Å². The summed E-state index contributed by atoms with van der Waals surface area (Å²) < 4.78 is 28.2. The molecular weight excluding hydrogens is 352 g/mol. The van der Waals surface area contributed by atoms with Crippen molar-refractivity contribution in [3.05, 3.63) is 64.2 Å². The maximum Gasteiger partial charge on any atom is 0.338 e. The highest BCUT2D eigenvalue weighted by molar-refractivity contribution is 7.90. The van der Waals surface area contributed by atoms with Crippen LogP contribution in [0.1, 0.15) is 26.3 Å². The molecule has 0 saturated carbocycles. The van der Waals surface area contributed by atoms with Gasteiger partial charge in [0.05, 0.1) is 10.5 Å². The number of sulfone groups is 1. The first-order valence-electron chi connectivity index (χ1n) is 6.95. The van der Waals surface area contributed by atoms with Crippen molar-refractivity contribution in [2.75, 3.05) is 12.9 Å². The number of ketones is 1. The zero-order chi connectivity index (χ0) is 17.9. The Hall–Kier alpha value is -2.18. The first-order valence-corrected chi connectivity index (χ1v) is 9.22. The Morgan fingerprint density at radius 1 is 1.08 bits per heavy atom. The Morgan fingerprint density at radius 3 is 2.29 bits per heavy atom. The molecule has 7 heteroatoms. The van der Waals surface area contributed by atoms with Crippen molar-refractivity contribution < 1.29 is 22.7 Å². The highest BCUT2D eigenvalue weighted by Crippen LogP contribution is 2.17. The molecule has 0 unspecified atom stereocenters. The van der Waals surface area contributed by atoms with Gasteiger partial charge in [-0.15, -0.1) is 0 Å². The Kier molecular flexibility index (Phi) is 5.41. The van der Waals surface area contributed by atoms with Crippen molar-refractivity contribution in [1.82, 2.24) is 0 Å². The number of rotatable bonds is 5. The largest absolute Gasteiger partial charge is 0.454 e. The van der Waals surface area contributed by atoms with Crippen molar-refractivity contribution in [2.24, 2.45) is 0 Å². The number of esters is 1. The number of ether oxygens (including phenoxy) is 1. The standard InChI is InChI=1S/C17H15ClO5S/c1-11-3-8-14(24(2,21)22)9-15(11)17(20)23-10-16(19)12-4-6-13(18)7-5-12/h3-9H,10H2,1-2H3. The zero-order valence-corrected chi connectivity index (χ0v) is 14.6. The van der Waals surface area contributed by atoms with Crippen LogP contribution < -0.4 is 0 Å². The third kappa shape index (κ3) is 4.43. The molecule has 0 aliphatic rings. The fraction of sp³-hybridized carbons (Fsp3) is 0.176. The molecule has 126 valence electrons. The second-order valence-electron chi connectivity index (χ2n) is 5.26. The van der Waals surface area contributed by atoms with Crippen LogP contribution in [0.4, 0.5) is 0 Å². The van der Waals surface area contributed by atoms with Crippen molar-refractivity contribution in [3.8, 4) is 0 Å². The summed E-state index contributed by atoms with van der Waals surface area (Å²) in [5.41, 5.74) is 1.04. The molecule has 5 nitrogen and oxygen atoms in total. The van der Waals surface area contributed by atoms with Gasteiger partial charge < -0.3 is 4.74 Å². The highest BCUT2D eigenvalue weighted by Gasteiger charge is 2.17. The van der Waals surface area contributed by atoms with Crippen LogP contribution in [0.3, 0.4) is 0 Å². The average molecular weight is 367 g/mol. The molecule has 0 bridgehead atoms. The third-order valence-corrected chi connectivity index (χ3v) is 4.72. The number of halogens is 1. The van der Waals surface area contributed by atoms with Crippen LogP contribution in [-0.2, 0) is 14.6 Å². The molecule has 0 fully saturated rings. The topological polar surface area (TPSA) is 77.5 Å². The van der Waals surface area contributed by atoms with Gasteiger partial charge in [-0.1, -0.05) is 17.7 Å². The first-order chi connectivity index (χ1) is 11.2. The van der Waals surface area contributed by atoms with E-state index < -0.39 is 22.4 Å². The normalized spacial score (nSPS) is 11.1. The second-order valence-corrected chi connectivity index (χ2v) is 7.71. The smallest absolute Gasteiger partial charge is 0.338 e. The Morgan fingerprint density at radius 2 is 1.71 bits per heavy atom. The fourth-order valence-corrected chi connectivity index (χ4v) is 2.75. The Bertz CT molecular complexity index is 886. The first kappa shape index (κ1) is 18.2. The number of aryl methyl sites for hydroxylation is 1. The molecule has 0 heterocycles. The van der Waals surface area contributed by atoms with Crippen LogP contribution in [-0.4, -0.2) is 33.0 Å². The van der Waals surface area contributed by atoms with E-state index in [-0.39, 0.29) is 16.2 Å². The van der Waals surface area contributed by atoms with Crippen LogP contribution in [0.25, 0.3) is 0 Å². The summed E-state index contributed by atoms with van der Waals surface area (Å²) in [6.45, 7) is 1.21. The molecule has 0 spiro atoms. The van der Waals surface area contributed by atoms with E-state index in [4.69, 9.17) is 16.3 Å². The summed E-state index contributed by atoms with van der Waals surface area (Å²) >= 11 is 5.75. The molecule has 2 aromatic carbocycles. The minimum absolute atomic E-state index is 0.0177. The minimum Gasteiger partial charge on any atom is -0.454 e. The molecule has 0 aromatic heterocycles. The molecule has 0 aliphatic carbocycles. The molecule has 0 amide bonds. The van der Waals surface area contributed by atoms with Crippen molar-refractivity contribution in [2.45, 2.75) is 11.8 Å². The number of Topliss-reactive ketones (excluding diaryl/α,β-unsaturated/α-hetero) is 1. The van der Waals surface area contributed by atoms with E-state index in [9.17, 15) is 18.0 Å². The summed E-state index contributed by atoms with van der Waals surface area (Å²) in [5, 5.41) is 0.497. The lowest BCUT2D eigenvalue weighted by Crippen LogP contribution is -2.15. The van der Waals surface area contributed by atoms with Crippen molar-refractivity contribution in [1.29, 1.82) is 0 Å². The van der Waals surface area contributed by atoms with E-state index in [0.29, 0.717) is 16.1 Å². The SMILES string of the molecule is Cc1ccc(S(C)(=O)=O)cc1C(=O)OCC(=O)c1ccc(Cl)cc1. The monoisotopic (exact) mass is 366 g/mol. The van der Waals surface area contributed by atoms with Crippen LogP contribution in [0, 0.1) is 6.92 Å². The van der Waals surface area contributed by atoms with E-state index in [1.807, 2.05) is 0 Å². The summed E-state index contributed by atoms with van der Waals surface area (Å²) in [6, 6.07) is 10.4. The summed E-state index contributed by atoms with van der Waals surface area (Å²) in [5.74, 6) is -1.13. The maximum atomic E-state index is 12.1. The molecule has 24 heavy (non-hydrogen) atoms. The molecule has 2 rings (SSSR count). The average Bonchev–Trinajstić information content (AvgIpc) is 2.52. The third-order valence-electron chi connectivity index (χ3n) is 3.36. The quantitative estimate of drug-likeness (QED) is 0.600. The van der Waals surface area contributed by atoms with Crippen molar-refractivity contribution in [3.63, 3.8) is 0 Å². The summed E-state index contributed by atoms with van der Waals surface area (Å²) in [7, 11) is -3.44. The number of hydrogen-bond donors (Lipinski definition) is 0. The number of carbonyl (C=O) groups excluding carboxylic acids is 2. The lowest BCUT2D eigenvalue weighted by molar-refractivity contribution is 0.0473. The molecular formula is C17H15ClO5S. The molecule has 2 aromatic rings. The van der Waals surface area contributed by atoms with Gasteiger partial charge in [0, 0.05) is 16.8 Å². The van der Waals surface area contributed by atoms with Gasteiger partial charge in [0.1, 0.15) is 0 Å². The Balaban J connectivity index is 2.12. The van der Waals surface area contributed by atoms with Gasteiger partial charge in [-0.2, -0.15) is 0 Å². The van der Waals surface area contributed by atoms with Crippen molar-refractivity contribution >= 4 is 33.2 Å². The van der Waals surface area contributed by atoms with Crippen LogP contribution in [0.15, 0.2) is 47.4 Å².